The third-order valence-corrected chi connectivity index (χ3v) is 5.17. The number of carbonyl (C=O) groups is 1. The summed E-state index contributed by atoms with van der Waals surface area (Å²) in [5, 5.41) is 0.554. The summed E-state index contributed by atoms with van der Waals surface area (Å²) in [5.41, 5.74) is 3.14. The SMILES string of the molecule is COc1ccc(OC)c(C(=O)/C=C/c2ccc(OC)c(COc3ccc(C)cc3Cl)c2)c1. The van der Waals surface area contributed by atoms with Gasteiger partial charge in [-0.05, 0) is 66.6 Å². The van der Waals surface area contributed by atoms with Gasteiger partial charge < -0.3 is 18.9 Å². The average Bonchev–Trinajstić information content (AvgIpc) is 2.81. The van der Waals surface area contributed by atoms with Crippen LogP contribution in [-0.2, 0) is 6.61 Å². The van der Waals surface area contributed by atoms with Gasteiger partial charge in [-0.2, -0.15) is 0 Å². The Morgan fingerprint density at radius 1 is 0.875 bits per heavy atom. The van der Waals surface area contributed by atoms with Gasteiger partial charge in [0.05, 0.1) is 31.9 Å². The van der Waals surface area contributed by atoms with E-state index in [4.69, 9.17) is 30.5 Å². The van der Waals surface area contributed by atoms with Crippen molar-refractivity contribution in [1.82, 2.24) is 0 Å². The van der Waals surface area contributed by atoms with Crippen molar-refractivity contribution in [2.75, 3.05) is 21.3 Å². The molecule has 0 aliphatic carbocycles. The molecular weight excluding hydrogens is 428 g/mol. The molecule has 3 aromatic carbocycles. The highest BCUT2D eigenvalue weighted by atomic mass is 35.5. The molecule has 0 fully saturated rings. The van der Waals surface area contributed by atoms with E-state index in [0.717, 1.165) is 16.7 Å². The number of rotatable bonds is 9. The van der Waals surface area contributed by atoms with Crippen molar-refractivity contribution in [3.63, 3.8) is 0 Å². The van der Waals surface area contributed by atoms with Gasteiger partial charge in [-0.15, -0.1) is 0 Å². The zero-order chi connectivity index (χ0) is 23.1. The number of hydrogen-bond acceptors (Lipinski definition) is 5. The molecule has 0 aliphatic heterocycles. The number of aryl methyl sites for hydroxylation is 1. The molecule has 0 saturated carbocycles. The standard InChI is InChI=1S/C26H25ClO5/c1-17-5-10-26(22(27)13-17)32-16-19-14-18(7-11-24(19)30-3)6-9-23(28)21-15-20(29-2)8-12-25(21)31-4/h5-15H,16H2,1-4H3/b9-6+. The molecule has 166 valence electrons. The molecule has 0 heterocycles. The van der Waals surface area contributed by atoms with Gasteiger partial charge in [0.25, 0.3) is 0 Å². The number of hydrogen-bond donors (Lipinski definition) is 0. The first-order valence-electron chi connectivity index (χ1n) is 9.95. The minimum Gasteiger partial charge on any atom is -0.497 e. The molecule has 6 heteroatoms. The number of carbonyl (C=O) groups excluding carboxylic acids is 1. The Kier molecular flexibility index (Phi) is 7.79. The quantitative estimate of drug-likeness (QED) is 0.288. The predicted molar refractivity (Wildman–Crippen MR) is 126 cm³/mol. The van der Waals surface area contributed by atoms with Crippen LogP contribution in [0.15, 0.2) is 60.7 Å². The molecule has 0 aliphatic rings. The molecule has 0 unspecified atom stereocenters. The first kappa shape index (κ1) is 23.2. The minimum atomic E-state index is -0.194. The van der Waals surface area contributed by atoms with Crippen molar-refractivity contribution in [2.45, 2.75) is 13.5 Å². The van der Waals surface area contributed by atoms with Crippen LogP contribution in [-0.4, -0.2) is 27.1 Å². The summed E-state index contributed by atoms with van der Waals surface area (Å²) in [5.74, 6) is 2.16. The molecule has 0 spiro atoms. The van der Waals surface area contributed by atoms with Gasteiger partial charge in [-0.3, -0.25) is 4.79 Å². The Hall–Kier alpha value is -3.44. The van der Waals surface area contributed by atoms with Gasteiger partial charge in [0.15, 0.2) is 5.78 Å². The largest absolute Gasteiger partial charge is 0.497 e. The maximum Gasteiger partial charge on any atom is 0.189 e. The van der Waals surface area contributed by atoms with Crippen molar-refractivity contribution in [3.8, 4) is 23.0 Å². The lowest BCUT2D eigenvalue weighted by Crippen LogP contribution is -2.01. The Balaban J connectivity index is 1.80. The fraction of sp³-hybridized carbons (Fsp3) is 0.192. The number of methoxy groups -OCH3 is 3. The second-order valence-electron chi connectivity index (χ2n) is 7.06. The van der Waals surface area contributed by atoms with Crippen LogP contribution in [0.25, 0.3) is 6.08 Å². The second-order valence-corrected chi connectivity index (χ2v) is 7.46. The zero-order valence-corrected chi connectivity index (χ0v) is 19.2. The van der Waals surface area contributed by atoms with Crippen LogP contribution in [0.3, 0.4) is 0 Å². The second kappa shape index (κ2) is 10.7. The molecule has 0 aromatic heterocycles. The predicted octanol–water partition coefficient (Wildman–Crippen LogP) is 6.15. The first-order valence-corrected chi connectivity index (χ1v) is 10.3. The van der Waals surface area contributed by atoms with Crippen LogP contribution in [0.2, 0.25) is 5.02 Å². The van der Waals surface area contributed by atoms with Crippen molar-refractivity contribution in [1.29, 1.82) is 0 Å². The van der Waals surface area contributed by atoms with Gasteiger partial charge in [-0.25, -0.2) is 0 Å². The van der Waals surface area contributed by atoms with Crippen LogP contribution < -0.4 is 18.9 Å². The van der Waals surface area contributed by atoms with Crippen LogP contribution in [0.4, 0.5) is 0 Å². The number of halogens is 1. The van der Waals surface area contributed by atoms with E-state index in [1.54, 1.807) is 38.5 Å². The zero-order valence-electron chi connectivity index (χ0n) is 18.5. The van der Waals surface area contributed by atoms with E-state index in [1.165, 1.54) is 13.2 Å². The maximum absolute atomic E-state index is 12.8. The first-order chi connectivity index (χ1) is 15.4. The molecule has 3 aromatic rings. The number of ether oxygens (including phenoxy) is 4. The Morgan fingerprint density at radius 3 is 2.28 bits per heavy atom. The summed E-state index contributed by atoms with van der Waals surface area (Å²) in [6.07, 6.45) is 3.24. The summed E-state index contributed by atoms with van der Waals surface area (Å²) < 4.78 is 21.9. The van der Waals surface area contributed by atoms with Crippen LogP contribution >= 0.6 is 11.6 Å². The molecule has 32 heavy (non-hydrogen) atoms. The topological polar surface area (TPSA) is 54.0 Å². The molecule has 5 nitrogen and oxygen atoms in total. The lowest BCUT2D eigenvalue weighted by atomic mass is 10.1. The summed E-state index contributed by atoms with van der Waals surface area (Å²) in [4.78, 5) is 12.8. The van der Waals surface area contributed by atoms with E-state index in [9.17, 15) is 4.79 Å². The van der Waals surface area contributed by atoms with E-state index >= 15 is 0 Å². The molecule has 0 N–H and O–H groups in total. The minimum absolute atomic E-state index is 0.194. The summed E-state index contributed by atoms with van der Waals surface area (Å²) in [7, 11) is 4.68. The maximum atomic E-state index is 12.8. The molecule has 0 amide bonds. The van der Waals surface area contributed by atoms with Gasteiger partial charge >= 0.3 is 0 Å². The molecule has 0 atom stereocenters. The normalized spacial score (nSPS) is 10.8. The molecular formula is C26H25ClO5. The monoisotopic (exact) mass is 452 g/mol. The van der Waals surface area contributed by atoms with Crippen molar-refractivity contribution >= 4 is 23.5 Å². The van der Waals surface area contributed by atoms with Crippen LogP contribution in [0.5, 0.6) is 23.0 Å². The van der Waals surface area contributed by atoms with Gasteiger partial charge in [0.1, 0.15) is 29.6 Å². The van der Waals surface area contributed by atoms with E-state index in [0.29, 0.717) is 33.6 Å². The van der Waals surface area contributed by atoms with Gasteiger partial charge in [-0.1, -0.05) is 29.8 Å². The fourth-order valence-electron chi connectivity index (χ4n) is 3.16. The lowest BCUT2D eigenvalue weighted by Gasteiger charge is -2.12. The third kappa shape index (κ3) is 5.62. The molecule has 0 saturated heterocycles. The average molecular weight is 453 g/mol. The van der Waals surface area contributed by atoms with Crippen molar-refractivity contribution in [2.24, 2.45) is 0 Å². The van der Waals surface area contributed by atoms with E-state index < -0.39 is 0 Å². The van der Waals surface area contributed by atoms with Gasteiger partial charge in [0, 0.05) is 5.56 Å². The third-order valence-electron chi connectivity index (χ3n) is 4.87. The highest BCUT2D eigenvalue weighted by molar-refractivity contribution is 6.32. The van der Waals surface area contributed by atoms with Crippen LogP contribution in [0.1, 0.15) is 27.0 Å². The summed E-state index contributed by atoms with van der Waals surface area (Å²) >= 11 is 6.27. The van der Waals surface area contributed by atoms with E-state index in [-0.39, 0.29) is 12.4 Å². The van der Waals surface area contributed by atoms with Crippen molar-refractivity contribution in [3.05, 3.63) is 87.9 Å². The van der Waals surface area contributed by atoms with E-state index in [2.05, 4.69) is 0 Å². The molecule has 0 bridgehead atoms. The van der Waals surface area contributed by atoms with Gasteiger partial charge in [0.2, 0.25) is 0 Å². The Bertz CT molecular complexity index is 1140. The highest BCUT2D eigenvalue weighted by Crippen LogP contribution is 2.29. The number of benzene rings is 3. The summed E-state index contributed by atoms with van der Waals surface area (Å²) in [6, 6.07) is 16.4. The molecule has 0 radical (unpaired) electrons. The highest BCUT2D eigenvalue weighted by Gasteiger charge is 2.12. The Labute approximate surface area is 193 Å². The fourth-order valence-corrected chi connectivity index (χ4v) is 3.45. The van der Waals surface area contributed by atoms with Crippen LogP contribution in [0, 0.1) is 6.92 Å². The smallest absolute Gasteiger partial charge is 0.189 e. The number of allylic oxidation sites excluding steroid dienone is 1. The Morgan fingerprint density at radius 2 is 1.59 bits per heavy atom. The number of ketones is 1. The van der Waals surface area contributed by atoms with Crippen molar-refractivity contribution < 1.29 is 23.7 Å². The summed E-state index contributed by atoms with van der Waals surface area (Å²) in [6.45, 7) is 2.24. The van der Waals surface area contributed by atoms with E-state index in [1.807, 2.05) is 43.3 Å². The molecule has 3 rings (SSSR count). The lowest BCUT2D eigenvalue weighted by molar-refractivity contribution is 0.104.